The Morgan fingerprint density at radius 3 is 2.23 bits per heavy atom. The highest BCUT2D eigenvalue weighted by Crippen LogP contribution is 2.20. The standard InChI is InChI=1S/C23H40N6O/c1-5-24-23(25-19-20(3)27-13-11-26(6-2)12-14-27)29-17-15-28(16-18-29)21-7-9-22(30-4)10-8-21/h7-10,20H,5-6,11-19H2,1-4H3,(H,24,25). The van der Waals surface area contributed by atoms with Gasteiger partial charge in [-0.2, -0.15) is 0 Å². The van der Waals surface area contributed by atoms with E-state index < -0.39 is 0 Å². The SMILES string of the molecule is CCNC(=NCC(C)N1CCN(CC)CC1)N1CCN(c2ccc(OC)cc2)CC1. The molecule has 0 bridgehead atoms. The molecule has 7 nitrogen and oxygen atoms in total. The molecule has 3 rings (SSSR count). The van der Waals surface area contributed by atoms with Gasteiger partial charge in [-0.3, -0.25) is 9.89 Å². The van der Waals surface area contributed by atoms with Gasteiger partial charge in [0, 0.05) is 70.6 Å². The van der Waals surface area contributed by atoms with Crippen LogP contribution in [0.25, 0.3) is 0 Å². The number of ether oxygens (including phenoxy) is 1. The third-order valence-electron chi connectivity index (χ3n) is 6.33. The lowest BCUT2D eigenvalue weighted by Crippen LogP contribution is -2.53. The van der Waals surface area contributed by atoms with E-state index in [9.17, 15) is 0 Å². The number of benzene rings is 1. The summed E-state index contributed by atoms with van der Waals surface area (Å²) in [4.78, 5) is 15.0. The normalized spacial score (nSPS) is 20.3. The largest absolute Gasteiger partial charge is 0.497 e. The van der Waals surface area contributed by atoms with Crippen molar-refractivity contribution in [1.29, 1.82) is 0 Å². The van der Waals surface area contributed by atoms with E-state index in [1.54, 1.807) is 7.11 Å². The van der Waals surface area contributed by atoms with E-state index in [0.717, 1.165) is 70.6 Å². The summed E-state index contributed by atoms with van der Waals surface area (Å²) in [7, 11) is 1.71. The van der Waals surface area contributed by atoms with Gasteiger partial charge in [-0.15, -0.1) is 0 Å². The number of guanidine groups is 1. The number of methoxy groups -OCH3 is 1. The average Bonchev–Trinajstić information content (AvgIpc) is 2.82. The third kappa shape index (κ3) is 6.01. The first-order valence-electron chi connectivity index (χ1n) is 11.5. The van der Waals surface area contributed by atoms with Crippen LogP contribution in [0.1, 0.15) is 20.8 Å². The van der Waals surface area contributed by atoms with Gasteiger partial charge < -0.3 is 24.8 Å². The van der Waals surface area contributed by atoms with Gasteiger partial charge in [0.25, 0.3) is 0 Å². The number of aliphatic imine (C=N–C) groups is 1. The number of hydrogen-bond donors (Lipinski definition) is 1. The Kier molecular flexibility index (Phi) is 8.63. The molecule has 1 N–H and O–H groups in total. The Labute approximate surface area is 182 Å². The molecule has 2 saturated heterocycles. The number of piperazine rings is 2. The molecule has 1 aromatic carbocycles. The molecule has 0 saturated carbocycles. The second-order valence-corrected chi connectivity index (χ2v) is 8.19. The van der Waals surface area contributed by atoms with Crippen LogP contribution in [-0.2, 0) is 0 Å². The minimum Gasteiger partial charge on any atom is -0.497 e. The van der Waals surface area contributed by atoms with E-state index in [2.05, 4.69) is 57.8 Å². The molecular weight excluding hydrogens is 376 g/mol. The maximum Gasteiger partial charge on any atom is 0.194 e. The first-order valence-corrected chi connectivity index (χ1v) is 11.5. The number of anilines is 1. The van der Waals surface area contributed by atoms with Gasteiger partial charge in [0.2, 0.25) is 0 Å². The van der Waals surface area contributed by atoms with E-state index >= 15 is 0 Å². The van der Waals surface area contributed by atoms with Crippen molar-refractivity contribution in [2.75, 3.05) is 84.0 Å². The summed E-state index contributed by atoms with van der Waals surface area (Å²) >= 11 is 0. The van der Waals surface area contributed by atoms with Crippen LogP contribution >= 0.6 is 0 Å². The van der Waals surface area contributed by atoms with Gasteiger partial charge >= 0.3 is 0 Å². The van der Waals surface area contributed by atoms with E-state index in [4.69, 9.17) is 9.73 Å². The fourth-order valence-electron chi connectivity index (χ4n) is 4.25. The molecule has 0 aliphatic carbocycles. The average molecular weight is 417 g/mol. The van der Waals surface area contributed by atoms with Crippen LogP contribution in [0.5, 0.6) is 5.75 Å². The van der Waals surface area contributed by atoms with E-state index in [0.29, 0.717) is 6.04 Å². The number of nitrogens with one attached hydrogen (secondary N) is 1. The first-order chi connectivity index (χ1) is 14.6. The predicted octanol–water partition coefficient (Wildman–Crippen LogP) is 1.81. The predicted molar refractivity (Wildman–Crippen MR) is 126 cm³/mol. The van der Waals surface area contributed by atoms with Gasteiger partial charge in [0.15, 0.2) is 5.96 Å². The van der Waals surface area contributed by atoms with Crippen LogP contribution in [0.4, 0.5) is 5.69 Å². The summed E-state index contributed by atoms with van der Waals surface area (Å²) in [5.41, 5.74) is 1.26. The summed E-state index contributed by atoms with van der Waals surface area (Å²) in [6.45, 7) is 18.3. The van der Waals surface area contributed by atoms with Crippen molar-refractivity contribution in [1.82, 2.24) is 20.0 Å². The second kappa shape index (κ2) is 11.4. The Morgan fingerprint density at radius 2 is 1.67 bits per heavy atom. The van der Waals surface area contributed by atoms with Gasteiger partial charge in [-0.25, -0.2) is 0 Å². The lowest BCUT2D eigenvalue weighted by atomic mass is 10.2. The number of hydrogen-bond acceptors (Lipinski definition) is 5. The maximum absolute atomic E-state index is 5.28. The fourth-order valence-corrected chi connectivity index (χ4v) is 4.25. The molecule has 0 aromatic heterocycles. The van der Waals surface area contributed by atoms with Crippen molar-refractivity contribution in [2.24, 2.45) is 4.99 Å². The fraction of sp³-hybridized carbons (Fsp3) is 0.696. The molecule has 30 heavy (non-hydrogen) atoms. The van der Waals surface area contributed by atoms with Gasteiger partial charge in [-0.05, 0) is 44.7 Å². The first kappa shape index (κ1) is 22.7. The zero-order valence-corrected chi connectivity index (χ0v) is 19.3. The molecule has 2 fully saturated rings. The molecule has 1 atom stereocenters. The lowest BCUT2D eigenvalue weighted by molar-refractivity contribution is 0.109. The molecule has 7 heteroatoms. The lowest BCUT2D eigenvalue weighted by Gasteiger charge is -2.39. The van der Waals surface area contributed by atoms with E-state index in [1.807, 2.05) is 12.1 Å². The molecule has 168 valence electrons. The molecule has 2 aliphatic heterocycles. The third-order valence-corrected chi connectivity index (χ3v) is 6.33. The van der Waals surface area contributed by atoms with Gasteiger partial charge in [0.05, 0.1) is 13.7 Å². The highest BCUT2D eigenvalue weighted by atomic mass is 16.5. The van der Waals surface area contributed by atoms with Crippen molar-refractivity contribution in [3.63, 3.8) is 0 Å². The van der Waals surface area contributed by atoms with Crippen LogP contribution in [0.15, 0.2) is 29.3 Å². The molecular formula is C23H40N6O. The van der Waals surface area contributed by atoms with Crippen molar-refractivity contribution >= 4 is 11.6 Å². The number of rotatable bonds is 7. The monoisotopic (exact) mass is 416 g/mol. The zero-order chi connectivity index (χ0) is 21.3. The number of likely N-dealkylation sites (N-methyl/N-ethyl adjacent to an activating group) is 1. The molecule has 0 spiro atoms. The van der Waals surface area contributed by atoms with Crippen LogP contribution in [-0.4, -0.2) is 106 Å². The summed E-state index contributed by atoms with van der Waals surface area (Å²) in [6.07, 6.45) is 0. The quantitative estimate of drug-likeness (QED) is 0.540. The second-order valence-electron chi connectivity index (χ2n) is 8.19. The summed E-state index contributed by atoms with van der Waals surface area (Å²) in [5, 5.41) is 3.51. The Hall–Kier alpha value is -1.99. The summed E-state index contributed by atoms with van der Waals surface area (Å²) in [6, 6.07) is 8.85. The molecule has 1 aromatic rings. The van der Waals surface area contributed by atoms with Crippen molar-refractivity contribution in [2.45, 2.75) is 26.8 Å². The van der Waals surface area contributed by atoms with Gasteiger partial charge in [0.1, 0.15) is 5.75 Å². The van der Waals surface area contributed by atoms with Crippen molar-refractivity contribution in [3.05, 3.63) is 24.3 Å². The highest BCUT2D eigenvalue weighted by molar-refractivity contribution is 5.80. The topological polar surface area (TPSA) is 46.6 Å². The molecule has 2 heterocycles. The Bertz CT molecular complexity index is 648. The highest BCUT2D eigenvalue weighted by Gasteiger charge is 2.22. The minimum atomic E-state index is 0.484. The summed E-state index contributed by atoms with van der Waals surface area (Å²) in [5.74, 6) is 1.97. The van der Waals surface area contributed by atoms with E-state index in [1.165, 1.54) is 18.8 Å². The summed E-state index contributed by atoms with van der Waals surface area (Å²) < 4.78 is 5.28. The van der Waals surface area contributed by atoms with Crippen LogP contribution in [0.3, 0.4) is 0 Å². The van der Waals surface area contributed by atoms with Crippen molar-refractivity contribution < 1.29 is 4.74 Å². The molecule has 1 unspecified atom stereocenters. The van der Waals surface area contributed by atoms with Crippen LogP contribution in [0.2, 0.25) is 0 Å². The Morgan fingerprint density at radius 1 is 1.00 bits per heavy atom. The van der Waals surface area contributed by atoms with E-state index in [-0.39, 0.29) is 0 Å². The zero-order valence-electron chi connectivity index (χ0n) is 19.3. The number of nitrogens with zero attached hydrogens (tertiary/aromatic N) is 5. The molecule has 0 amide bonds. The van der Waals surface area contributed by atoms with Crippen LogP contribution < -0.4 is 15.0 Å². The van der Waals surface area contributed by atoms with Crippen molar-refractivity contribution in [3.8, 4) is 5.75 Å². The van der Waals surface area contributed by atoms with Crippen LogP contribution in [0, 0.1) is 0 Å². The molecule has 0 radical (unpaired) electrons. The molecule has 2 aliphatic rings. The Balaban J connectivity index is 1.52. The van der Waals surface area contributed by atoms with Gasteiger partial charge in [-0.1, -0.05) is 6.92 Å². The smallest absolute Gasteiger partial charge is 0.194 e. The minimum absolute atomic E-state index is 0.484. The maximum atomic E-state index is 5.28.